The third-order valence-corrected chi connectivity index (χ3v) is 13.3. The van der Waals surface area contributed by atoms with Gasteiger partial charge >= 0.3 is 6.09 Å². The Morgan fingerprint density at radius 3 is 2.50 bits per heavy atom. The molecule has 1 atom stereocenters. The van der Waals surface area contributed by atoms with Gasteiger partial charge in [0.05, 0.1) is 37.3 Å². The summed E-state index contributed by atoms with van der Waals surface area (Å²) in [6, 6.07) is 11.8. The minimum atomic E-state index is -2.23. The zero-order valence-corrected chi connectivity index (χ0v) is 29.1. The summed E-state index contributed by atoms with van der Waals surface area (Å²) in [4.78, 5) is 25.7. The third kappa shape index (κ3) is 6.87. The summed E-state index contributed by atoms with van der Waals surface area (Å²) in [6.07, 6.45) is 4.08. The van der Waals surface area contributed by atoms with Crippen LogP contribution in [0.2, 0.25) is 18.1 Å². The number of rotatable bonds is 11. The van der Waals surface area contributed by atoms with Crippen molar-refractivity contribution in [1.82, 2.24) is 29.5 Å². The fraction of sp³-hybridized carbons (Fsp3) is 0.412. The van der Waals surface area contributed by atoms with Crippen LogP contribution in [0.25, 0.3) is 39.2 Å². The topological polar surface area (TPSA) is 127 Å². The maximum Gasteiger partial charge on any atom is 0.407 e. The highest BCUT2D eigenvalue weighted by Gasteiger charge is 2.39. The van der Waals surface area contributed by atoms with Gasteiger partial charge in [0, 0.05) is 47.6 Å². The maximum absolute atomic E-state index is 11.7. The number of methoxy groups -OCH3 is 1. The average molecular weight is 645 g/mol. The molecule has 1 aromatic carbocycles. The van der Waals surface area contributed by atoms with Crippen molar-refractivity contribution in [1.29, 1.82) is 0 Å². The van der Waals surface area contributed by atoms with Crippen LogP contribution in [-0.4, -0.2) is 82.4 Å². The highest BCUT2D eigenvalue weighted by molar-refractivity contribution is 6.74. The van der Waals surface area contributed by atoms with Gasteiger partial charge in [-0.1, -0.05) is 34.6 Å². The van der Waals surface area contributed by atoms with Crippen molar-refractivity contribution in [2.75, 3.05) is 27.3 Å². The second-order valence-corrected chi connectivity index (χ2v) is 18.3. The number of nitrogens with one attached hydrogen (secondary N) is 1. The number of amides is 1. The van der Waals surface area contributed by atoms with Crippen molar-refractivity contribution in [2.24, 2.45) is 0 Å². The lowest BCUT2D eigenvalue weighted by Gasteiger charge is -2.39. The molecule has 244 valence electrons. The number of carboxylic acid groups (broad SMARTS) is 1. The number of hydrogen-bond donors (Lipinski definition) is 2. The molecule has 1 unspecified atom stereocenters. The van der Waals surface area contributed by atoms with Gasteiger partial charge in [0.25, 0.3) is 0 Å². The number of H-pyrrole nitrogens is 1. The first-order valence-electron chi connectivity index (χ1n) is 15.4. The standard InChI is InChI=1S/C34H44N6O5Si/c1-21(2)28-18-37-40-30(16-29(38-32(28)40)24-12-22-10-11-35-31(22)36-17-24)23-13-25(43-7)15-26(14-23)44-20-27(19-39(6)33(41)42)45-46(8,9)34(3,4)5/h10-18,21,27H,19-20H2,1-9H3,(H,35,36)(H,41,42). The Morgan fingerprint density at radius 2 is 1.83 bits per heavy atom. The molecule has 0 radical (unpaired) electrons. The molecule has 0 aliphatic rings. The smallest absolute Gasteiger partial charge is 0.407 e. The van der Waals surface area contributed by atoms with Gasteiger partial charge in [-0.3, -0.25) is 0 Å². The molecular formula is C34H44N6O5Si. The first-order valence-corrected chi connectivity index (χ1v) is 18.3. The number of likely N-dealkylation sites (N-methyl/N-ethyl adjacent to an activating group) is 1. The van der Waals surface area contributed by atoms with Gasteiger partial charge in [0.1, 0.15) is 23.8 Å². The fourth-order valence-electron chi connectivity index (χ4n) is 5.03. The van der Waals surface area contributed by atoms with Gasteiger partial charge in [-0.15, -0.1) is 0 Å². The van der Waals surface area contributed by atoms with Crippen LogP contribution in [0.1, 0.15) is 46.1 Å². The van der Waals surface area contributed by atoms with E-state index < -0.39 is 20.5 Å². The Bertz CT molecular complexity index is 1860. The molecule has 46 heavy (non-hydrogen) atoms. The molecule has 4 heterocycles. The van der Waals surface area contributed by atoms with E-state index in [1.807, 2.05) is 53.4 Å². The minimum Gasteiger partial charge on any atom is -0.497 e. The monoisotopic (exact) mass is 644 g/mol. The molecule has 0 fully saturated rings. The van der Waals surface area contributed by atoms with E-state index in [2.05, 4.69) is 63.7 Å². The zero-order valence-electron chi connectivity index (χ0n) is 28.1. The van der Waals surface area contributed by atoms with Crippen LogP contribution in [0.15, 0.2) is 55.0 Å². The SMILES string of the molecule is COc1cc(OCC(CN(C)C(=O)O)O[Si](C)(C)C(C)(C)C)cc(-c2cc(-c3cnc4[nH]ccc4c3)nc3c(C(C)C)cnn23)c1. The lowest BCUT2D eigenvalue weighted by atomic mass is 10.1. The number of hydrogen-bond acceptors (Lipinski definition) is 7. The quantitative estimate of drug-likeness (QED) is 0.142. The van der Waals surface area contributed by atoms with Crippen LogP contribution < -0.4 is 9.47 Å². The molecule has 5 rings (SSSR count). The van der Waals surface area contributed by atoms with Crippen molar-refractivity contribution in [3.63, 3.8) is 0 Å². The normalized spacial score (nSPS) is 13.0. The van der Waals surface area contributed by atoms with Crippen LogP contribution in [0.4, 0.5) is 4.79 Å². The van der Waals surface area contributed by atoms with Gasteiger partial charge in [0.2, 0.25) is 0 Å². The predicted octanol–water partition coefficient (Wildman–Crippen LogP) is 7.45. The van der Waals surface area contributed by atoms with E-state index in [0.29, 0.717) is 11.5 Å². The Kier molecular flexibility index (Phi) is 9.14. The maximum atomic E-state index is 11.7. The molecule has 0 aliphatic carbocycles. The summed E-state index contributed by atoms with van der Waals surface area (Å²) in [6.45, 7) is 15.4. The Morgan fingerprint density at radius 1 is 1.09 bits per heavy atom. The van der Waals surface area contributed by atoms with Crippen molar-refractivity contribution in [3.05, 3.63) is 60.6 Å². The first kappa shape index (κ1) is 33.0. The molecule has 0 bridgehead atoms. The van der Waals surface area contributed by atoms with Gasteiger partial charge < -0.3 is 28.9 Å². The van der Waals surface area contributed by atoms with Crippen molar-refractivity contribution in [3.8, 4) is 34.0 Å². The number of benzene rings is 1. The number of fused-ring (bicyclic) bond motifs is 2. The molecule has 4 aromatic heterocycles. The summed E-state index contributed by atoms with van der Waals surface area (Å²) < 4.78 is 20.6. The minimum absolute atomic E-state index is 0.0552. The van der Waals surface area contributed by atoms with Crippen molar-refractivity contribution in [2.45, 2.75) is 64.8 Å². The third-order valence-electron chi connectivity index (χ3n) is 8.74. The van der Waals surface area contributed by atoms with E-state index in [1.165, 1.54) is 4.90 Å². The second-order valence-electron chi connectivity index (χ2n) is 13.5. The van der Waals surface area contributed by atoms with Gasteiger partial charge in [-0.25, -0.2) is 19.3 Å². The van der Waals surface area contributed by atoms with Crippen LogP contribution >= 0.6 is 0 Å². The van der Waals surface area contributed by atoms with Crippen LogP contribution in [0.3, 0.4) is 0 Å². The van der Waals surface area contributed by atoms with Crippen molar-refractivity contribution >= 4 is 31.1 Å². The van der Waals surface area contributed by atoms with Crippen LogP contribution in [0, 0.1) is 0 Å². The zero-order chi connectivity index (χ0) is 33.4. The highest BCUT2D eigenvalue weighted by atomic mass is 28.4. The number of ether oxygens (including phenoxy) is 2. The van der Waals surface area contributed by atoms with E-state index in [1.54, 1.807) is 14.2 Å². The Balaban J connectivity index is 1.55. The highest BCUT2D eigenvalue weighted by Crippen LogP contribution is 2.38. The lowest BCUT2D eigenvalue weighted by molar-refractivity contribution is 0.0794. The molecular weight excluding hydrogens is 600 g/mol. The molecule has 1 amide bonds. The number of nitrogens with zero attached hydrogens (tertiary/aromatic N) is 5. The first-order chi connectivity index (χ1) is 21.7. The number of aromatic nitrogens is 5. The predicted molar refractivity (Wildman–Crippen MR) is 182 cm³/mol. The number of carbonyl (C=O) groups is 1. The summed E-state index contributed by atoms with van der Waals surface area (Å²) in [5.41, 5.74) is 5.90. The number of aromatic amines is 1. The summed E-state index contributed by atoms with van der Waals surface area (Å²) >= 11 is 0. The van der Waals surface area contributed by atoms with Crippen LogP contribution in [-0.2, 0) is 4.43 Å². The van der Waals surface area contributed by atoms with Crippen LogP contribution in [0.5, 0.6) is 11.5 Å². The molecule has 0 saturated carbocycles. The number of pyridine rings is 1. The van der Waals surface area contributed by atoms with E-state index in [9.17, 15) is 9.90 Å². The lowest BCUT2D eigenvalue weighted by Crippen LogP contribution is -2.49. The van der Waals surface area contributed by atoms with E-state index in [-0.39, 0.29) is 24.1 Å². The molecule has 5 aromatic rings. The molecule has 0 aliphatic heterocycles. The average Bonchev–Trinajstić information content (AvgIpc) is 3.65. The van der Waals surface area contributed by atoms with Crippen molar-refractivity contribution < 1.29 is 23.8 Å². The second kappa shape index (κ2) is 12.8. The summed E-state index contributed by atoms with van der Waals surface area (Å²) in [5, 5.41) is 15.3. The van der Waals surface area contributed by atoms with E-state index in [0.717, 1.165) is 44.8 Å². The molecule has 11 nitrogen and oxygen atoms in total. The van der Waals surface area contributed by atoms with Gasteiger partial charge in [-0.2, -0.15) is 5.10 Å². The molecule has 12 heteroatoms. The largest absolute Gasteiger partial charge is 0.497 e. The molecule has 0 saturated heterocycles. The van der Waals surface area contributed by atoms with E-state index >= 15 is 0 Å². The molecule has 2 N–H and O–H groups in total. The Hall–Kier alpha value is -4.42. The summed E-state index contributed by atoms with van der Waals surface area (Å²) in [7, 11) is 0.928. The summed E-state index contributed by atoms with van der Waals surface area (Å²) in [5.74, 6) is 1.38. The van der Waals surface area contributed by atoms with Gasteiger partial charge in [-0.05, 0) is 54.4 Å². The fourth-order valence-corrected chi connectivity index (χ4v) is 6.36. The molecule has 0 spiro atoms. The van der Waals surface area contributed by atoms with E-state index in [4.69, 9.17) is 24.0 Å². The van der Waals surface area contributed by atoms with Gasteiger partial charge in [0.15, 0.2) is 14.0 Å². The Labute approximate surface area is 270 Å².